The normalized spacial score (nSPS) is 23.6. The van der Waals surface area contributed by atoms with Crippen LogP contribution in [0.5, 0.6) is 0 Å². The first-order valence-electron chi connectivity index (χ1n) is 19.0. The third kappa shape index (κ3) is 20.2. The summed E-state index contributed by atoms with van der Waals surface area (Å²) in [6, 6.07) is -1.01. The molecule has 1 aliphatic heterocycles. The third-order valence-electron chi connectivity index (χ3n) is 9.22. The number of amides is 1. The molecule has 47 heavy (non-hydrogen) atoms. The summed E-state index contributed by atoms with van der Waals surface area (Å²) < 4.78 is 11.1. The monoisotopic (exact) mass is 674 g/mol. The van der Waals surface area contributed by atoms with Gasteiger partial charge in [0.25, 0.3) is 0 Å². The fraction of sp³-hybridized carbons (Fsp3) is 0.919. The van der Waals surface area contributed by atoms with Crippen LogP contribution in [0.1, 0.15) is 155 Å². The quantitative estimate of drug-likeness (QED) is 0.0401. The van der Waals surface area contributed by atoms with Gasteiger partial charge in [0, 0.05) is 6.42 Å². The maximum absolute atomic E-state index is 12.8. The summed E-state index contributed by atoms with van der Waals surface area (Å²) in [4.78, 5) is 12.8. The number of aliphatic hydroxyl groups excluding tert-OH is 6. The van der Waals surface area contributed by atoms with Crippen molar-refractivity contribution in [1.29, 1.82) is 0 Å². The summed E-state index contributed by atoms with van der Waals surface area (Å²) in [6.07, 6.45) is 18.1. The lowest BCUT2D eigenvalue weighted by Gasteiger charge is -2.40. The number of carbonyl (C=O) groups excluding carboxylic acids is 1. The van der Waals surface area contributed by atoms with Crippen molar-refractivity contribution < 1.29 is 44.9 Å². The van der Waals surface area contributed by atoms with Crippen molar-refractivity contribution in [3.63, 3.8) is 0 Å². The van der Waals surface area contributed by atoms with Crippen LogP contribution < -0.4 is 5.32 Å². The van der Waals surface area contributed by atoms with Gasteiger partial charge in [0.15, 0.2) is 6.29 Å². The SMILES string of the molecule is CCCCCCCC/C=C\CCC(=O)N[C@@H](COC1OC(CO)C(O)C(O)C1O)[C@H](O)[C@H](O)CCCCCCCCCCCCCC. The molecule has 0 spiro atoms. The largest absolute Gasteiger partial charge is 0.394 e. The van der Waals surface area contributed by atoms with E-state index >= 15 is 0 Å². The maximum atomic E-state index is 12.8. The first-order valence-corrected chi connectivity index (χ1v) is 19.0. The van der Waals surface area contributed by atoms with Crippen LogP contribution in [-0.4, -0.2) is 98.7 Å². The van der Waals surface area contributed by atoms with Gasteiger partial charge in [-0.15, -0.1) is 0 Å². The molecule has 0 aromatic carbocycles. The number of ether oxygens (including phenoxy) is 2. The van der Waals surface area contributed by atoms with Crippen LogP contribution >= 0.6 is 0 Å². The molecule has 1 heterocycles. The van der Waals surface area contributed by atoms with Crippen LogP contribution in [0.25, 0.3) is 0 Å². The number of allylic oxidation sites excluding steroid dienone is 2. The van der Waals surface area contributed by atoms with E-state index in [1.54, 1.807) is 0 Å². The van der Waals surface area contributed by atoms with Gasteiger partial charge in [-0.05, 0) is 25.7 Å². The summed E-state index contributed by atoms with van der Waals surface area (Å²) in [6.45, 7) is 3.52. The number of nitrogens with one attached hydrogen (secondary N) is 1. The van der Waals surface area contributed by atoms with E-state index < -0.39 is 55.6 Å². The fourth-order valence-electron chi connectivity index (χ4n) is 6.03. The second-order valence-corrected chi connectivity index (χ2v) is 13.5. The molecule has 1 amide bonds. The second kappa shape index (κ2) is 28.7. The number of hydrogen-bond donors (Lipinski definition) is 7. The smallest absolute Gasteiger partial charge is 0.220 e. The molecule has 0 radical (unpaired) electrons. The second-order valence-electron chi connectivity index (χ2n) is 13.5. The Hall–Kier alpha value is -1.11. The Kier molecular flexibility index (Phi) is 26.8. The number of rotatable bonds is 30. The topological polar surface area (TPSA) is 169 Å². The molecule has 0 aliphatic carbocycles. The predicted octanol–water partition coefficient (Wildman–Crippen LogP) is 5.19. The highest BCUT2D eigenvalue weighted by Gasteiger charge is 2.44. The average Bonchev–Trinajstić information content (AvgIpc) is 3.07. The van der Waals surface area contributed by atoms with Crippen molar-refractivity contribution >= 4 is 5.91 Å². The van der Waals surface area contributed by atoms with Gasteiger partial charge in [-0.3, -0.25) is 4.79 Å². The highest BCUT2D eigenvalue weighted by molar-refractivity contribution is 5.76. The molecule has 5 unspecified atom stereocenters. The molecule has 1 saturated heterocycles. The third-order valence-corrected chi connectivity index (χ3v) is 9.22. The Bertz CT molecular complexity index is 768. The fourth-order valence-corrected chi connectivity index (χ4v) is 6.03. The summed E-state index contributed by atoms with van der Waals surface area (Å²) in [5, 5.41) is 64.6. The van der Waals surface area contributed by atoms with Gasteiger partial charge < -0.3 is 45.4 Å². The van der Waals surface area contributed by atoms with Crippen LogP contribution in [0.15, 0.2) is 12.2 Å². The lowest BCUT2D eigenvalue weighted by molar-refractivity contribution is -0.303. The van der Waals surface area contributed by atoms with E-state index in [0.717, 1.165) is 38.5 Å². The van der Waals surface area contributed by atoms with Crippen LogP contribution in [0.4, 0.5) is 0 Å². The van der Waals surface area contributed by atoms with E-state index in [1.807, 2.05) is 6.08 Å². The average molecular weight is 674 g/mol. The van der Waals surface area contributed by atoms with E-state index in [4.69, 9.17) is 9.47 Å². The Morgan fingerprint density at radius 1 is 0.723 bits per heavy atom. The van der Waals surface area contributed by atoms with E-state index in [1.165, 1.54) is 83.5 Å². The van der Waals surface area contributed by atoms with Crippen molar-refractivity contribution in [2.75, 3.05) is 13.2 Å². The van der Waals surface area contributed by atoms with Crippen LogP contribution in [0.3, 0.4) is 0 Å². The Morgan fingerprint density at radius 2 is 1.23 bits per heavy atom. The van der Waals surface area contributed by atoms with E-state index in [9.17, 15) is 35.4 Å². The molecule has 7 N–H and O–H groups in total. The van der Waals surface area contributed by atoms with Crippen molar-refractivity contribution in [2.24, 2.45) is 0 Å². The molecule has 10 nitrogen and oxygen atoms in total. The van der Waals surface area contributed by atoms with Crippen molar-refractivity contribution in [3.05, 3.63) is 12.2 Å². The van der Waals surface area contributed by atoms with Gasteiger partial charge in [0.2, 0.25) is 5.91 Å². The van der Waals surface area contributed by atoms with Gasteiger partial charge in [0.05, 0.1) is 25.4 Å². The predicted molar refractivity (Wildman–Crippen MR) is 186 cm³/mol. The highest BCUT2D eigenvalue weighted by Crippen LogP contribution is 2.23. The molecule has 0 saturated carbocycles. The standard InChI is InChI=1S/C37H71NO9/c1-3-5-7-9-11-13-15-16-17-19-21-23-25-30(40)33(42)29(28-46-37-36(45)35(44)34(43)31(27-39)47-37)38-32(41)26-24-22-20-18-14-12-10-8-6-4-2/h20,22,29-31,33-37,39-40,42-45H,3-19,21,23-28H2,1-2H3,(H,38,41)/b22-20-/t29-,30+,31?,33-,34?,35?,36?,37?/m0/s1. The summed E-state index contributed by atoms with van der Waals surface area (Å²) in [5.74, 6) is -0.312. The zero-order chi connectivity index (χ0) is 34.7. The van der Waals surface area contributed by atoms with Gasteiger partial charge in [-0.25, -0.2) is 0 Å². The minimum atomic E-state index is -1.61. The number of hydrogen-bond acceptors (Lipinski definition) is 9. The molecule has 1 aliphatic rings. The van der Waals surface area contributed by atoms with Crippen LogP contribution in [-0.2, 0) is 14.3 Å². The molecule has 0 aromatic heterocycles. The van der Waals surface area contributed by atoms with Crippen molar-refractivity contribution in [3.8, 4) is 0 Å². The van der Waals surface area contributed by atoms with Gasteiger partial charge in [0.1, 0.15) is 30.5 Å². The lowest BCUT2D eigenvalue weighted by atomic mass is 9.98. The van der Waals surface area contributed by atoms with Gasteiger partial charge >= 0.3 is 0 Å². The first kappa shape index (κ1) is 43.9. The zero-order valence-corrected chi connectivity index (χ0v) is 29.7. The molecule has 10 heteroatoms. The van der Waals surface area contributed by atoms with E-state index in [-0.39, 0.29) is 18.9 Å². The molecule has 0 bridgehead atoms. The van der Waals surface area contributed by atoms with E-state index in [0.29, 0.717) is 12.8 Å². The number of unbranched alkanes of at least 4 members (excludes halogenated alkanes) is 17. The zero-order valence-electron chi connectivity index (χ0n) is 29.7. The molecule has 8 atom stereocenters. The van der Waals surface area contributed by atoms with Gasteiger partial charge in [-0.2, -0.15) is 0 Å². The molecular weight excluding hydrogens is 602 g/mol. The molecule has 278 valence electrons. The number of carbonyl (C=O) groups is 1. The lowest BCUT2D eigenvalue weighted by Crippen LogP contribution is -2.60. The minimum absolute atomic E-state index is 0.200. The minimum Gasteiger partial charge on any atom is -0.394 e. The molecule has 1 fully saturated rings. The van der Waals surface area contributed by atoms with Crippen molar-refractivity contribution in [1.82, 2.24) is 5.32 Å². The molecule has 0 aromatic rings. The van der Waals surface area contributed by atoms with Crippen LogP contribution in [0.2, 0.25) is 0 Å². The summed E-state index contributed by atoms with van der Waals surface area (Å²) >= 11 is 0. The molecule has 1 rings (SSSR count). The Balaban J connectivity index is 2.54. The summed E-state index contributed by atoms with van der Waals surface area (Å²) in [5.41, 5.74) is 0. The maximum Gasteiger partial charge on any atom is 0.220 e. The highest BCUT2D eigenvalue weighted by atomic mass is 16.7. The van der Waals surface area contributed by atoms with Crippen molar-refractivity contribution in [2.45, 2.75) is 204 Å². The summed E-state index contributed by atoms with van der Waals surface area (Å²) in [7, 11) is 0. The Labute approximate surface area is 285 Å². The number of aliphatic hydroxyl groups is 6. The first-order chi connectivity index (χ1) is 22.8. The van der Waals surface area contributed by atoms with Crippen LogP contribution in [0, 0.1) is 0 Å². The van der Waals surface area contributed by atoms with Gasteiger partial charge in [-0.1, -0.05) is 135 Å². The van der Waals surface area contributed by atoms with E-state index in [2.05, 4.69) is 25.2 Å². The Morgan fingerprint density at radius 3 is 1.79 bits per heavy atom. The molecular formula is C37H71NO9.